The summed E-state index contributed by atoms with van der Waals surface area (Å²) in [5.41, 5.74) is 2.10. The highest BCUT2D eigenvalue weighted by Gasteiger charge is 2.37. The molecule has 22 heavy (non-hydrogen) atoms. The van der Waals surface area contributed by atoms with Gasteiger partial charge < -0.3 is 9.47 Å². The molecule has 0 fully saturated rings. The standard InChI is InChI=1S/C17H15NO4/c1-10-8-11(21-2)5-7-15(10)18-16(19)13-6-4-12(22-3)9-14(13)17(18)20/h4-9H,1-3H3. The second-order valence-electron chi connectivity index (χ2n) is 5.01. The van der Waals surface area contributed by atoms with E-state index in [0.29, 0.717) is 28.3 Å². The van der Waals surface area contributed by atoms with Crippen LogP contribution in [-0.4, -0.2) is 26.0 Å². The highest BCUT2D eigenvalue weighted by Crippen LogP contribution is 2.33. The monoisotopic (exact) mass is 297 g/mol. The van der Waals surface area contributed by atoms with Crippen LogP contribution in [0.3, 0.4) is 0 Å². The Bertz CT molecular complexity index is 782. The van der Waals surface area contributed by atoms with Crippen molar-refractivity contribution in [2.45, 2.75) is 6.92 Å². The largest absolute Gasteiger partial charge is 0.497 e. The van der Waals surface area contributed by atoms with Gasteiger partial charge in [0.05, 0.1) is 31.0 Å². The van der Waals surface area contributed by atoms with Crippen LogP contribution in [0.1, 0.15) is 26.3 Å². The lowest BCUT2D eigenvalue weighted by molar-refractivity contribution is 0.0926. The molecule has 0 radical (unpaired) electrons. The molecule has 0 aliphatic carbocycles. The summed E-state index contributed by atoms with van der Waals surface area (Å²) >= 11 is 0. The van der Waals surface area contributed by atoms with Crippen LogP contribution >= 0.6 is 0 Å². The Morgan fingerprint density at radius 1 is 0.818 bits per heavy atom. The van der Waals surface area contributed by atoms with Crippen molar-refractivity contribution in [3.8, 4) is 11.5 Å². The Kier molecular flexibility index (Phi) is 3.33. The second-order valence-corrected chi connectivity index (χ2v) is 5.01. The SMILES string of the molecule is COc1ccc(N2C(=O)c3ccc(OC)cc3C2=O)c(C)c1. The average Bonchev–Trinajstić information content (AvgIpc) is 2.78. The van der Waals surface area contributed by atoms with Crippen molar-refractivity contribution in [3.05, 3.63) is 53.1 Å². The number of hydrogen-bond donors (Lipinski definition) is 0. The third-order valence-corrected chi connectivity index (χ3v) is 3.74. The van der Waals surface area contributed by atoms with Crippen LogP contribution in [0.4, 0.5) is 5.69 Å². The Labute approximate surface area is 128 Å². The van der Waals surface area contributed by atoms with Crippen LogP contribution in [0.15, 0.2) is 36.4 Å². The molecule has 0 bridgehead atoms. The van der Waals surface area contributed by atoms with E-state index in [2.05, 4.69) is 0 Å². The van der Waals surface area contributed by atoms with E-state index in [0.717, 1.165) is 5.56 Å². The molecule has 1 heterocycles. The van der Waals surface area contributed by atoms with Gasteiger partial charge in [0.15, 0.2) is 0 Å². The molecule has 5 heteroatoms. The molecule has 1 aliphatic rings. The Morgan fingerprint density at radius 3 is 2.05 bits per heavy atom. The fourth-order valence-electron chi connectivity index (χ4n) is 2.57. The number of amides is 2. The van der Waals surface area contributed by atoms with Crippen LogP contribution in [0.5, 0.6) is 11.5 Å². The zero-order valence-electron chi connectivity index (χ0n) is 12.5. The van der Waals surface area contributed by atoms with Crippen molar-refractivity contribution >= 4 is 17.5 Å². The lowest BCUT2D eigenvalue weighted by atomic mass is 10.1. The van der Waals surface area contributed by atoms with Crippen LogP contribution in [0.25, 0.3) is 0 Å². The van der Waals surface area contributed by atoms with E-state index in [1.807, 2.05) is 6.92 Å². The summed E-state index contributed by atoms with van der Waals surface area (Å²) in [7, 11) is 3.09. The zero-order chi connectivity index (χ0) is 15.9. The van der Waals surface area contributed by atoms with Gasteiger partial charge in [-0.15, -0.1) is 0 Å². The third kappa shape index (κ3) is 2.02. The normalized spacial score (nSPS) is 13.3. The van der Waals surface area contributed by atoms with Crippen molar-refractivity contribution in [2.75, 3.05) is 19.1 Å². The molecular formula is C17H15NO4. The van der Waals surface area contributed by atoms with Gasteiger partial charge in [-0.3, -0.25) is 9.59 Å². The Balaban J connectivity index is 2.07. The van der Waals surface area contributed by atoms with Gasteiger partial charge in [0, 0.05) is 0 Å². The number of anilines is 1. The fourth-order valence-corrected chi connectivity index (χ4v) is 2.57. The first-order valence-corrected chi connectivity index (χ1v) is 6.78. The molecular weight excluding hydrogens is 282 g/mol. The maximum absolute atomic E-state index is 12.6. The molecule has 0 N–H and O–H groups in total. The van der Waals surface area contributed by atoms with E-state index < -0.39 is 0 Å². The molecule has 2 aromatic carbocycles. The van der Waals surface area contributed by atoms with Gasteiger partial charge >= 0.3 is 0 Å². The highest BCUT2D eigenvalue weighted by molar-refractivity contribution is 6.34. The summed E-state index contributed by atoms with van der Waals surface area (Å²) in [5, 5.41) is 0. The van der Waals surface area contributed by atoms with E-state index in [4.69, 9.17) is 9.47 Å². The van der Waals surface area contributed by atoms with Crippen LogP contribution in [0, 0.1) is 6.92 Å². The summed E-state index contributed by atoms with van der Waals surface area (Å²) in [5.74, 6) is 0.566. The van der Waals surface area contributed by atoms with Gasteiger partial charge in [-0.2, -0.15) is 0 Å². The van der Waals surface area contributed by atoms with Crippen molar-refractivity contribution in [1.82, 2.24) is 0 Å². The second kappa shape index (κ2) is 5.18. The predicted molar refractivity (Wildman–Crippen MR) is 81.9 cm³/mol. The van der Waals surface area contributed by atoms with Crippen molar-refractivity contribution in [3.63, 3.8) is 0 Å². The van der Waals surface area contributed by atoms with Gasteiger partial charge in [0.1, 0.15) is 11.5 Å². The summed E-state index contributed by atoms with van der Waals surface area (Å²) in [4.78, 5) is 26.3. The molecule has 0 aromatic heterocycles. The predicted octanol–water partition coefficient (Wildman–Crippen LogP) is 2.81. The molecule has 0 unspecified atom stereocenters. The van der Waals surface area contributed by atoms with Crippen LogP contribution in [-0.2, 0) is 0 Å². The quantitative estimate of drug-likeness (QED) is 0.817. The maximum Gasteiger partial charge on any atom is 0.266 e. The smallest absolute Gasteiger partial charge is 0.266 e. The molecule has 5 nitrogen and oxygen atoms in total. The van der Waals surface area contributed by atoms with Crippen molar-refractivity contribution < 1.29 is 19.1 Å². The van der Waals surface area contributed by atoms with E-state index in [-0.39, 0.29) is 11.8 Å². The summed E-state index contributed by atoms with van der Waals surface area (Å²) < 4.78 is 10.3. The number of nitrogens with zero attached hydrogens (tertiary/aromatic N) is 1. The van der Waals surface area contributed by atoms with Gasteiger partial charge in [-0.05, 0) is 48.9 Å². The van der Waals surface area contributed by atoms with E-state index in [9.17, 15) is 9.59 Å². The minimum atomic E-state index is -0.341. The fraction of sp³-hybridized carbons (Fsp3) is 0.176. The van der Waals surface area contributed by atoms with Crippen molar-refractivity contribution in [1.29, 1.82) is 0 Å². The number of aryl methyl sites for hydroxylation is 1. The molecule has 112 valence electrons. The number of fused-ring (bicyclic) bond motifs is 1. The first-order valence-electron chi connectivity index (χ1n) is 6.78. The molecule has 0 spiro atoms. The van der Waals surface area contributed by atoms with Gasteiger partial charge in [0.2, 0.25) is 0 Å². The molecule has 0 saturated heterocycles. The summed E-state index contributed by atoms with van der Waals surface area (Å²) in [6, 6.07) is 10.1. The van der Waals surface area contributed by atoms with Crippen molar-refractivity contribution in [2.24, 2.45) is 0 Å². The number of hydrogen-bond acceptors (Lipinski definition) is 4. The van der Waals surface area contributed by atoms with Gasteiger partial charge in [-0.1, -0.05) is 0 Å². The third-order valence-electron chi connectivity index (χ3n) is 3.74. The zero-order valence-corrected chi connectivity index (χ0v) is 12.5. The molecule has 0 atom stereocenters. The first kappa shape index (κ1) is 14.1. The minimum Gasteiger partial charge on any atom is -0.497 e. The first-order chi connectivity index (χ1) is 10.6. The number of imide groups is 1. The number of rotatable bonds is 3. The Hall–Kier alpha value is -2.82. The van der Waals surface area contributed by atoms with Gasteiger partial charge in [0.25, 0.3) is 11.8 Å². The number of ether oxygens (including phenoxy) is 2. The molecule has 2 amide bonds. The number of carbonyl (C=O) groups excluding carboxylic acids is 2. The highest BCUT2D eigenvalue weighted by atomic mass is 16.5. The lowest BCUT2D eigenvalue weighted by Crippen LogP contribution is -2.30. The molecule has 1 aliphatic heterocycles. The van der Waals surface area contributed by atoms with E-state index in [1.165, 1.54) is 12.0 Å². The summed E-state index contributed by atoms with van der Waals surface area (Å²) in [6.07, 6.45) is 0. The molecule has 0 saturated carbocycles. The number of carbonyl (C=O) groups is 2. The number of methoxy groups -OCH3 is 2. The average molecular weight is 297 g/mol. The van der Waals surface area contributed by atoms with E-state index >= 15 is 0 Å². The molecule has 3 rings (SSSR count). The maximum atomic E-state index is 12.6. The minimum absolute atomic E-state index is 0.323. The lowest BCUT2D eigenvalue weighted by Gasteiger charge is -2.17. The van der Waals surface area contributed by atoms with Crippen LogP contribution < -0.4 is 14.4 Å². The Morgan fingerprint density at radius 2 is 1.41 bits per heavy atom. The topological polar surface area (TPSA) is 55.8 Å². The van der Waals surface area contributed by atoms with Crippen LogP contribution in [0.2, 0.25) is 0 Å². The molecule has 2 aromatic rings. The van der Waals surface area contributed by atoms with Gasteiger partial charge in [-0.25, -0.2) is 4.90 Å². The van der Waals surface area contributed by atoms with E-state index in [1.54, 1.807) is 43.5 Å². The number of benzene rings is 2. The summed E-state index contributed by atoms with van der Waals surface area (Å²) in [6.45, 7) is 1.84.